The van der Waals surface area contributed by atoms with Crippen LogP contribution >= 0.6 is 39.3 Å². The van der Waals surface area contributed by atoms with Crippen molar-refractivity contribution in [2.45, 2.75) is 31.1 Å². The predicted molar refractivity (Wildman–Crippen MR) is 115 cm³/mol. The molecule has 0 bridgehead atoms. The van der Waals surface area contributed by atoms with E-state index in [9.17, 15) is 13.2 Å². The number of carbonyl (C=O) groups excluding carboxylic acids is 1. The van der Waals surface area contributed by atoms with Crippen LogP contribution in [0.1, 0.15) is 29.4 Å². The van der Waals surface area contributed by atoms with Crippen LogP contribution in [0.25, 0.3) is 0 Å². The molecule has 1 aliphatic rings. The highest BCUT2D eigenvalue weighted by atomic mass is 79.9. The molecule has 0 spiro atoms. The van der Waals surface area contributed by atoms with Gasteiger partial charge in [0.1, 0.15) is 0 Å². The van der Waals surface area contributed by atoms with Crippen LogP contribution < -0.4 is 0 Å². The van der Waals surface area contributed by atoms with Gasteiger partial charge in [0.25, 0.3) is 5.91 Å². The van der Waals surface area contributed by atoms with E-state index in [0.717, 1.165) is 15.8 Å². The maximum Gasteiger partial charge on any atom is 0.274 e. The third kappa shape index (κ3) is 5.25. The monoisotopic (exact) mass is 503 g/mol. The molecule has 6 nitrogen and oxygen atoms in total. The second kappa shape index (κ2) is 9.11. The van der Waals surface area contributed by atoms with E-state index in [0.29, 0.717) is 11.6 Å². The largest absolute Gasteiger partial charge is 0.329 e. The zero-order chi connectivity index (χ0) is 20.3. The third-order valence-electron chi connectivity index (χ3n) is 4.35. The number of amides is 1. The number of rotatable bonds is 6. The summed E-state index contributed by atoms with van der Waals surface area (Å²) in [6.45, 7) is 2.24. The Morgan fingerprint density at radius 2 is 2.21 bits per heavy atom. The van der Waals surface area contributed by atoms with Gasteiger partial charge in [-0.05, 0) is 29.9 Å². The molecule has 1 saturated heterocycles. The molecule has 3 rings (SSSR count). The highest BCUT2D eigenvalue weighted by molar-refractivity contribution is 9.10. The van der Waals surface area contributed by atoms with Crippen LogP contribution in [0.3, 0.4) is 0 Å². The Labute approximate surface area is 182 Å². The fourth-order valence-electron chi connectivity index (χ4n) is 3.06. The molecule has 1 aliphatic heterocycles. The topological polar surface area (TPSA) is 80.2 Å². The van der Waals surface area contributed by atoms with Gasteiger partial charge in [-0.25, -0.2) is 18.4 Å². The molecule has 1 aromatic carbocycles. The van der Waals surface area contributed by atoms with Crippen LogP contribution in [0.4, 0.5) is 0 Å². The minimum absolute atomic E-state index is 0.0496. The van der Waals surface area contributed by atoms with E-state index < -0.39 is 15.9 Å². The van der Waals surface area contributed by atoms with Crippen molar-refractivity contribution >= 4 is 55.0 Å². The molecule has 1 fully saturated rings. The second-order valence-electron chi connectivity index (χ2n) is 6.40. The second-order valence-corrected chi connectivity index (χ2v) is 11.2. The maximum atomic E-state index is 13.3. The van der Waals surface area contributed by atoms with Gasteiger partial charge in [0.05, 0.1) is 22.7 Å². The molecule has 10 heteroatoms. The van der Waals surface area contributed by atoms with Gasteiger partial charge < -0.3 is 4.90 Å². The summed E-state index contributed by atoms with van der Waals surface area (Å²) in [5, 5.41) is 0.627. The maximum absolute atomic E-state index is 13.3. The van der Waals surface area contributed by atoms with E-state index in [1.54, 1.807) is 4.90 Å². The van der Waals surface area contributed by atoms with Crippen molar-refractivity contribution in [1.29, 1.82) is 0 Å². The lowest BCUT2D eigenvalue weighted by Crippen LogP contribution is -2.41. The Morgan fingerprint density at radius 1 is 1.43 bits per heavy atom. The zero-order valence-electron chi connectivity index (χ0n) is 15.1. The minimum atomic E-state index is -3.16. The Morgan fingerprint density at radius 3 is 2.86 bits per heavy atom. The molecule has 2 heterocycles. The number of nitrogens with zero attached hydrogens (tertiary/aromatic N) is 3. The number of thioether (sulfide) groups is 1. The minimum Gasteiger partial charge on any atom is -0.329 e. The molecular weight excluding hydrogens is 486 g/mol. The fraction of sp³-hybridized carbons (Fsp3) is 0.389. The van der Waals surface area contributed by atoms with Crippen molar-refractivity contribution in [1.82, 2.24) is 14.9 Å². The Balaban J connectivity index is 1.96. The van der Waals surface area contributed by atoms with Gasteiger partial charge in [0.15, 0.2) is 20.7 Å². The first-order chi connectivity index (χ1) is 13.3. The summed E-state index contributed by atoms with van der Waals surface area (Å²) in [6, 6.07) is 7.16. The number of carbonyl (C=O) groups is 1. The number of hydrogen-bond acceptors (Lipinski definition) is 6. The lowest BCUT2D eigenvalue weighted by atomic mass is 10.1. The van der Waals surface area contributed by atoms with Crippen LogP contribution in [-0.2, 0) is 16.4 Å². The average Bonchev–Trinajstić information content (AvgIpc) is 3.00. The molecule has 0 unspecified atom stereocenters. The van der Waals surface area contributed by atoms with Crippen LogP contribution in [0.15, 0.2) is 40.1 Å². The first kappa shape index (κ1) is 21.5. The third-order valence-corrected chi connectivity index (χ3v) is 7.61. The summed E-state index contributed by atoms with van der Waals surface area (Å²) in [6.07, 6.45) is 1.82. The van der Waals surface area contributed by atoms with Crippen molar-refractivity contribution in [3.05, 3.63) is 51.2 Å². The summed E-state index contributed by atoms with van der Waals surface area (Å²) < 4.78 is 24.9. The molecule has 2 aromatic rings. The molecule has 0 aliphatic carbocycles. The van der Waals surface area contributed by atoms with E-state index in [2.05, 4.69) is 25.9 Å². The number of halogens is 2. The van der Waals surface area contributed by atoms with Crippen LogP contribution in [0.2, 0.25) is 5.02 Å². The number of aromatic nitrogens is 2. The van der Waals surface area contributed by atoms with Gasteiger partial charge in [0.2, 0.25) is 0 Å². The molecule has 1 aromatic heterocycles. The normalized spacial score (nSPS) is 18.2. The first-order valence-electron chi connectivity index (χ1n) is 8.70. The summed E-state index contributed by atoms with van der Waals surface area (Å²) in [5.41, 5.74) is 0.993. The lowest BCUT2D eigenvalue weighted by Gasteiger charge is -2.28. The Hall–Kier alpha value is -1.16. The summed E-state index contributed by atoms with van der Waals surface area (Å²) in [7, 11) is -3.16. The van der Waals surface area contributed by atoms with E-state index in [4.69, 9.17) is 11.6 Å². The van der Waals surface area contributed by atoms with Crippen molar-refractivity contribution in [2.24, 2.45) is 0 Å². The molecular formula is C18H19BrClN3O3S2. The van der Waals surface area contributed by atoms with Gasteiger partial charge in [-0.1, -0.05) is 58.3 Å². The van der Waals surface area contributed by atoms with Gasteiger partial charge in [0, 0.05) is 17.1 Å². The number of sulfone groups is 1. The van der Waals surface area contributed by atoms with Crippen molar-refractivity contribution < 1.29 is 13.2 Å². The molecule has 1 amide bonds. The van der Waals surface area contributed by atoms with Crippen LogP contribution in [0, 0.1) is 0 Å². The number of benzene rings is 1. The van der Waals surface area contributed by atoms with Gasteiger partial charge in [-0.3, -0.25) is 4.79 Å². The highest BCUT2D eigenvalue weighted by Crippen LogP contribution is 2.26. The fourth-order valence-corrected chi connectivity index (χ4v) is 5.95. The van der Waals surface area contributed by atoms with E-state index in [-0.39, 0.29) is 34.7 Å². The van der Waals surface area contributed by atoms with Gasteiger partial charge >= 0.3 is 0 Å². The molecule has 150 valence electrons. The lowest BCUT2D eigenvalue weighted by molar-refractivity contribution is 0.0674. The van der Waals surface area contributed by atoms with E-state index in [1.165, 1.54) is 18.0 Å². The standard InChI is InChI=1S/C18H19BrClN3O3S2/c1-2-27-18-21-9-15(20)16(22-18)17(24)23(14-6-7-28(25,26)11-14)10-12-4-3-5-13(19)8-12/h3-5,8-9,14H,2,6-7,10-11H2,1H3/t14-/m0/s1. The van der Waals surface area contributed by atoms with Crippen LogP contribution in [0.5, 0.6) is 0 Å². The van der Waals surface area contributed by atoms with Crippen molar-refractivity contribution in [3.63, 3.8) is 0 Å². The molecule has 0 N–H and O–H groups in total. The average molecular weight is 505 g/mol. The first-order valence-corrected chi connectivity index (χ1v) is 12.7. The summed E-state index contributed by atoms with van der Waals surface area (Å²) in [4.78, 5) is 23.4. The van der Waals surface area contributed by atoms with E-state index in [1.807, 2.05) is 31.2 Å². The predicted octanol–water partition coefficient (Wildman–Crippen LogP) is 3.83. The SMILES string of the molecule is CCSc1ncc(Cl)c(C(=O)N(Cc2cccc(Br)c2)[C@H]2CCS(=O)(=O)C2)n1. The summed E-state index contributed by atoms with van der Waals surface area (Å²) in [5.74, 6) is 0.408. The van der Waals surface area contributed by atoms with Gasteiger partial charge in [-0.15, -0.1) is 0 Å². The quantitative estimate of drug-likeness (QED) is 0.439. The summed E-state index contributed by atoms with van der Waals surface area (Å²) >= 11 is 11.1. The molecule has 1 atom stereocenters. The van der Waals surface area contributed by atoms with E-state index >= 15 is 0 Å². The highest BCUT2D eigenvalue weighted by Gasteiger charge is 2.36. The van der Waals surface area contributed by atoms with Gasteiger partial charge in [-0.2, -0.15) is 0 Å². The van der Waals surface area contributed by atoms with Crippen molar-refractivity contribution in [3.8, 4) is 0 Å². The molecule has 0 radical (unpaired) electrons. The molecule has 28 heavy (non-hydrogen) atoms. The van der Waals surface area contributed by atoms with Crippen molar-refractivity contribution in [2.75, 3.05) is 17.3 Å². The Bertz CT molecular complexity index is 988. The Kier molecular flexibility index (Phi) is 7.01. The zero-order valence-corrected chi connectivity index (χ0v) is 19.1. The molecule has 0 saturated carbocycles. The smallest absolute Gasteiger partial charge is 0.274 e. The number of hydrogen-bond donors (Lipinski definition) is 0. The van der Waals surface area contributed by atoms with Crippen LogP contribution in [-0.4, -0.2) is 52.5 Å².